The topological polar surface area (TPSA) is 32.6 Å². The number of hydrogen-bond acceptors (Lipinski definition) is 2. The highest BCUT2D eigenvalue weighted by molar-refractivity contribution is 5.55. The van der Waals surface area contributed by atoms with Crippen LogP contribution in [-0.2, 0) is 0 Å². The molecule has 0 aliphatic heterocycles. The van der Waals surface area contributed by atoms with E-state index in [-0.39, 0.29) is 0 Å². The zero-order valence-corrected chi connectivity index (χ0v) is 5.30. The number of hydrogen-bond donors (Lipinski definition) is 1. The van der Waals surface area contributed by atoms with Crippen LogP contribution in [0.5, 0.6) is 0 Å². The average molecular weight is 115 g/mol. The summed E-state index contributed by atoms with van der Waals surface area (Å²) in [5.41, 5.74) is 0. The number of unbranched alkanes of at least 4 members (excludes halogenated alkanes) is 3. The maximum Gasteiger partial charge on any atom is 0.0435 e. The molecule has 0 radical (unpaired) electrons. The Morgan fingerprint density at radius 1 is 1.50 bits per heavy atom. The molecule has 0 heterocycles. The number of nitrogens with zero attached hydrogens (tertiary/aromatic N) is 1. The van der Waals surface area contributed by atoms with Crippen molar-refractivity contribution in [3.8, 4) is 0 Å². The standard InChI is InChI=1S/C6H13NO/c1-2-3-4-5-6-7-8/h6,8H,2-5H2,1H3. The van der Waals surface area contributed by atoms with Gasteiger partial charge in [-0.2, -0.15) is 0 Å². The van der Waals surface area contributed by atoms with Gasteiger partial charge in [0.05, 0.1) is 0 Å². The molecule has 0 saturated carbocycles. The van der Waals surface area contributed by atoms with Crippen LogP contribution in [0, 0.1) is 0 Å². The minimum absolute atomic E-state index is 0.907. The van der Waals surface area contributed by atoms with E-state index in [1.54, 1.807) is 0 Å². The first-order valence-corrected chi connectivity index (χ1v) is 3.07. The smallest absolute Gasteiger partial charge is 0.0435 e. The molecule has 0 spiro atoms. The summed E-state index contributed by atoms with van der Waals surface area (Å²) in [6.45, 7) is 2.15. The number of oxime groups is 1. The second kappa shape index (κ2) is 6.47. The van der Waals surface area contributed by atoms with Crippen molar-refractivity contribution in [1.29, 1.82) is 0 Å². The van der Waals surface area contributed by atoms with Crippen LogP contribution in [0.4, 0.5) is 0 Å². The maximum atomic E-state index is 7.94. The van der Waals surface area contributed by atoms with Crippen molar-refractivity contribution < 1.29 is 5.21 Å². The van der Waals surface area contributed by atoms with Gasteiger partial charge >= 0.3 is 0 Å². The Bertz CT molecular complexity index is 61.5. The predicted molar refractivity (Wildman–Crippen MR) is 34.4 cm³/mol. The van der Waals surface area contributed by atoms with E-state index >= 15 is 0 Å². The Hall–Kier alpha value is -0.530. The first kappa shape index (κ1) is 7.47. The van der Waals surface area contributed by atoms with Crippen molar-refractivity contribution in [3.05, 3.63) is 0 Å². The molecule has 0 amide bonds. The molecule has 8 heavy (non-hydrogen) atoms. The van der Waals surface area contributed by atoms with Crippen LogP contribution in [0.3, 0.4) is 0 Å². The molecule has 1 N–H and O–H groups in total. The molecule has 0 aliphatic rings. The molecule has 2 heteroatoms. The highest BCUT2D eigenvalue weighted by Gasteiger charge is 1.80. The van der Waals surface area contributed by atoms with E-state index in [0.717, 1.165) is 12.8 Å². The van der Waals surface area contributed by atoms with Crippen LogP contribution in [0.1, 0.15) is 32.6 Å². The molecular formula is C6H13NO. The van der Waals surface area contributed by atoms with Gasteiger partial charge in [0.15, 0.2) is 0 Å². The molecule has 0 aliphatic carbocycles. The van der Waals surface area contributed by atoms with E-state index in [1.807, 2.05) is 0 Å². The van der Waals surface area contributed by atoms with Gasteiger partial charge in [-0.3, -0.25) is 0 Å². The Kier molecular flexibility index (Phi) is 6.04. The molecule has 0 unspecified atom stereocenters. The summed E-state index contributed by atoms with van der Waals surface area (Å²) in [6, 6.07) is 0. The Labute approximate surface area is 50.2 Å². The first-order chi connectivity index (χ1) is 3.91. The second-order valence-corrected chi connectivity index (χ2v) is 1.79. The van der Waals surface area contributed by atoms with Crippen LogP contribution in [-0.4, -0.2) is 11.4 Å². The number of rotatable bonds is 4. The van der Waals surface area contributed by atoms with Gasteiger partial charge in [-0.15, -0.1) is 5.16 Å². The normalized spacial score (nSPS) is 10.6. The average Bonchev–Trinajstić information content (AvgIpc) is 1.81. The molecule has 0 bridgehead atoms. The minimum Gasteiger partial charge on any atom is -0.411 e. The summed E-state index contributed by atoms with van der Waals surface area (Å²) < 4.78 is 0. The Balaban J connectivity index is 2.72. The lowest BCUT2D eigenvalue weighted by atomic mass is 10.2. The molecule has 0 rings (SSSR count). The summed E-state index contributed by atoms with van der Waals surface area (Å²) in [5, 5.41) is 10.8. The van der Waals surface area contributed by atoms with Crippen molar-refractivity contribution in [2.45, 2.75) is 32.6 Å². The zero-order valence-electron chi connectivity index (χ0n) is 5.30. The van der Waals surface area contributed by atoms with Gasteiger partial charge in [0, 0.05) is 6.21 Å². The van der Waals surface area contributed by atoms with E-state index in [0.29, 0.717) is 0 Å². The van der Waals surface area contributed by atoms with Gasteiger partial charge < -0.3 is 5.21 Å². The van der Waals surface area contributed by atoms with Gasteiger partial charge in [0.25, 0.3) is 0 Å². The lowest BCUT2D eigenvalue weighted by Gasteiger charge is -1.87. The third kappa shape index (κ3) is 5.47. The summed E-state index contributed by atoms with van der Waals surface area (Å²) in [6.07, 6.45) is 6.03. The van der Waals surface area contributed by atoms with Crippen molar-refractivity contribution >= 4 is 6.21 Å². The molecule has 0 saturated heterocycles. The molecule has 0 aromatic carbocycles. The van der Waals surface area contributed by atoms with Crippen LogP contribution < -0.4 is 0 Å². The van der Waals surface area contributed by atoms with Gasteiger partial charge in [0.1, 0.15) is 0 Å². The zero-order chi connectivity index (χ0) is 6.24. The van der Waals surface area contributed by atoms with E-state index in [2.05, 4.69) is 12.1 Å². The Morgan fingerprint density at radius 3 is 2.75 bits per heavy atom. The monoisotopic (exact) mass is 115 g/mol. The fourth-order valence-corrected chi connectivity index (χ4v) is 0.543. The molecule has 0 fully saturated rings. The van der Waals surface area contributed by atoms with E-state index in [1.165, 1.54) is 19.1 Å². The van der Waals surface area contributed by atoms with Crippen molar-refractivity contribution in [1.82, 2.24) is 0 Å². The summed E-state index contributed by atoms with van der Waals surface area (Å²) >= 11 is 0. The second-order valence-electron chi connectivity index (χ2n) is 1.79. The van der Waals surface area contributed by atoms with Gasteiger partial charge in [-0.1, -0.05) is 19.8 Å². The predicted octanol–water partition coefficient (Wildman–Crippen LogP) is 2.03. The Morgan fingerprint density at radius 2 is 2.25 bits per heavy atom. The molecule has 0 aromatic heterocycles. The third-order valence-electron chi connectivity index (χ3n) is 1.02. The SMILES string of the molecule is CCCCCC=NO. The molecule has 2 nitrogen and oxygen atoms in total. The highest BCUT2D eigenvalue weighted by atomic mass is 16.4. The maximum absolute atomic E-state index is 7.94. The molecular weight excluding hydrogens is 102 g/mol. The highest BCUT2D eigenvalue weighted by Crippen LogP contribution is 1.95. The minimum atomic E-state index is 0.907. The third-order valence-corrected chi connectivity index (χ3v) is 1.02. The van der Waals surface area contributed by atoms with E-state index in [9.17, 15) is 0 Å². The van der Waals surface area contributed by atoms with Crippen molar-refractivity contribution in [3.63, 3.8) is 0 Å². The largest absolute Gasteiger partial charge is 0.411 e. The lowest BCUT2D eigenvalue weighted by molar-refractivity contribution is 0.320. The van der Waals surface area contributed by atoms with Crippen LogP contribution >= 0.6 is 0 Å². The first-order valence-electron chi connectivity index (χ1n) is 3.07. The van der Waals surface area contributed by atoms with Gasteiger partial charge in [-0.25, -0.2) is 0 Å². The quantitative estimate of drug-likeness (QED) is 0.258. The van der Waals surface area contributed by atoms with Crippen LogP contribution in [0.25, 0.3) is 0 Å². The van der Waals surface area contributed by atoms with Crippen LogP contribution in [0.2, 0.25) is 0 Å². The van der Waals surface area contributed by atoms with Gasteiger partial charge in [-0.05, 0) is 12.8 Å². The van der Waals surface area contributed by atoms with Crippen LogP contribution in [0.15, 0.2) is 5.16 Å². The molecule has 0 atom stereocenters. The van der Waals surface area contributed by atoms with Crippen molar-refractivity contribution in [2.24, 2.45) is 5.16 Å². The van der Waals surface area contributed by atoms with E-state index in [4.69, 9.17) is 5.21 Å². The van der Waals surface area contributed by atoms with Gasteiger partial charge in [0.2, 0.25) is 0 Å². The molecule has 48 valence electrons. The van der Waals surface area contributed by atoms with E-state index < -0.39 is 0 Å². The fraction of sp³-hybridized carbons (Fsp3) is 0.833. The summed E-state index contributed by atoms with van der Waals surface area (Å²) in [7, 11) is 0. The fourth-order valence-electron chi connectivity index (χ4n) is 0.543. The lowest BCUT2D eigenvalue weighted by Crippen LogP contribution is -1.75. The van der Waals surface area contributed by atoms with Crippen molar-refractivity contribution in [2.75, 3.05) is 0 Å². The molecule has 0 aromatic rings. The summed E-state index contributed by atoms with van der Waals surface area (Å²) in [5.74, 6) is 0. The summed E-state index contributed by atoms with van der Waals surface area (Å²) in [4.78, 5) is 0.